The van der Waals surface area contributed by atoms with Gasteiger partial charge in [-0.25, -0.2) is 9.97 Å². The molecule has 1 aliphatic rings. The van der Waals surface area contributed by atoms with Crippen LogP contribution in [0.25, 0.3) is 0 Å². The number of aryl methyl sites for hydroxylation is 2. The Morgan fingerprint density at radius 3 is 2.63 bits per heavy atom. The predicted octanol–water partition coefficient (Wildman–Crippen LogP) is 2.54. The van der Waals surface area contributed by atoms with Crippen LogP contribution in [-0.2, 0) is 25.9 Å². The normalized spacial score (nSPS) is 13.6. The Hall–Kier alpha value is -1.74. The van der Waals surface area contributed by atoms with Crippen LogP contribution in [0.15, 0.2) is 24.3 Å². The molecule has 2 heterocycles. The maximum atomic E-state index is 4.73. The second kappa shape index (κ2) is 5.10. The van der Waals surface area contributed by atoms with Gasteiger partial charge in [0, 0.05) is 30.8 Å². The predicted molar refractivity (Wildman–Crippen MR) is 75.9 cm³/mol. The van der Waals surface area contributed by atoms with Crippen LogP contribution in [0.4, 0.5) is 0 Å². The topological polar surface area (TPSA) is 37.8 Å². The lowest BCUT2D eigenvalue weighted by Crippen LogP contribution is -2.06. The summed E-state index contributed by atoms with van der Waals surface area (Å²) in [5, 5.41) is 3.36. The van der Waals surface area contributed by atoms with E-state index in [1.54, 1.807) is 0 Å². The summed E-state index contributed by atoms with van der Waals surface area (Å²) in [6, 6.07) is 8.61. The van der Waals surface area contributed by atoms with E-state index in [1.807, 2.05) is 0 Å². The van der Waals surface area contributed by atoms with Crippen molar-refractivity contribution in [1.82, 2.24) is 15.3 Å². The van der Waals surface area contributed by atoms with Crippen LogP contribution in [0.1, 0.15) is 40.8 Å². The number of benzene rings is 1. The molecule has 3 rings (SSSR count). The highest BCUT2D eigenvalue weighted by molar-refractivity contribution is 5.31. The van der Waals surface area contributed by atoms with Gasteiger partial charge in [-0.2, -0.15) is 0 Å². The molecule has 19 heavy (non-hydrogen) atoms. The summed E-state index contributed by atoms with van der Waals surface area (Å²) in [7, 11) is 0. The summed E-state index contributed by atoms with van der Waals surface area (Å²) >= 11 is 0. The molecule has 1 aromatic heterocycles. The molecule has 0 aliphatic carbocycles. The Labute approximate surface area is 114 Å². The molecule has 2 aromatic rings. The van der Waals surface area contributed by atoms with Crippen LogP contribution in [-0.4, -0.2) is 9.97 Å². The molecule has 0 bridgehead atoms. The summed E-state index contributed by atoms with van der Waals surface area (Å²) in [4.78, 5) is 9.44. The summed E-state index contributed by atoms with van der Waals surface area (Å²) in [5.74, 6) is 0.947. The van der Waals surface area contributed by atoms with E-state index in [0.717, 1.165) is 31.8 Å². The third kappa shape index (κ3) is 2.51. The van der Waals surface area contributed by atoms with Crippen LogP contribution < -0.4 is 5.32 Å². The molecule has 0 saturated heterocycles. The molecule has 0 unspecified atom stereocenters. The Bertz CT molecular complexity index is 588. The minimum absolute atomic E-state index is 0.820. The minimum atomic E-state index is 0.820. The van der Waals surface area contributed by atoms with E-state index in [2.05, 4.69) is 43.4 Å². The highest BCUT2D eigenvalue weighted by Gasteiger charge is 2.17. The van der Waals surface area contributed by atoms with Gasteiger partial charge < -0.3 is 5.32 Å². The third-order valence-corrected chi connectivity index (χ3v) is 3.64. The SMILES string of the molecule is CCc1nc(Cc2ccc(C)cc2)nc2c1CNC2. The number of fused-ring (bicyclic) bond motifs is 1. The van der Waals surface area contributed by atoms with Crippen molar-refractivity contribution in [3.05, 3.63) is 58.2 Å². The van der Waals surface area contributed by atoms with Crippen LogP contribution in [0.5, 0.6) is 0 Å². The maximum absolute atomic E-state index is 4.73. The van der Waals surface area contributed by atoms with Crippen LogP contribution in [0, 0.1) is 6.92 Å². The maximum Gasteiger partial charge on any atom is 0.133 e. The fourth-order valence-corrected chi connectivity index (χ4v) is 2.55. The van der Waals surface area contributed by atoms with Crippen molar-refractivity contribution in [3.8, 4) is 0 Å². The number of hydrogen-bond acceptors (Lipinski definition) is 3. The van der Waals surface area contributed by atoms with Gasteiger partial charge in [0.1, 0.15) is 5.82 Å². The van der Waals surface area contributed by atoms with Gasteiger partial charge in [-0.1, -0.05) is 36.8 Å². The molecule has 0 atom stereocenters. The van der Waals surface area contributed by atoms with Gasteiger partial charge in [-0.15, -0.1) is 0 Å². The van der Waals surface area contributed by atoms with Gasteiger partial charge in [0.25, 0.3) is 0 Å². The highest BCUT2D eigenvalue weighted by Crippen LogP contribution is 2.18. The fourth-order valence-electron chi connectivity index (χ4n) is 2.55. The number of hydrogen-bond donors (Lipinski definition) is 1. The smallest absolute Gasteiger partial charge is 0.133 e. The average molecular weight is 253 g/mol. The monoisotopic (exact) mass is 253 g/mol. The Kier molecular flexibility index (Phi) is 3.30. The second-order valence-corrected chi connectivity index (χ2v) is 5.13. The molecule has 1 aromatic carbocycles. The van der Waals surface area contributed by atoms with Gasteiger partial charge in [-0.05, 0) is 18.9 Å². The lowest BCUT2D eigenvalue weighted by Gasteiger charge is -2.08. The molecule has 98 valence electrons. The van der Waals surface area contributed by atoms with E-state index in [-0.39, 0.29) is 0 Å². The van der Waals surface area contributed by atoms with Crippen LogP contribution >= 0.6 is 0 Å². The zero-order valence-electron chi connectivity index (χ0n) is 11.5. The lowest BCUT2D eigenvalue weighted by molar-refractivity contribution is 0.754. The minimum Gasteiger partial charge on any atom is -0.307 e. The average Bonchev–Trinajstić information content (AvgIpc) is 2.89. The van der Waals surface area contributed by atoms with Crippen molar-refractivity contribution in [2.45, 2.75) is 39.8 Å². The molecule has 0 fully saturated rings. The van der Waals surface area contributed by atoms with Gasteiger partial charge in [0.15, 0.2) is 0 Å². The third-order valence-electron chi connectivity index (χ3n) is 3.64. The zero-order valence-corrected chi connectivity index (χ0v) is 11.5. The summed E-state index contributed by atoms with van der Waals surface area (Å²) < 4.78 is 0. The highest BCUT2D eigenvalue weighted by atomic mass is 15.0. The molecule has 3 nitrogen and oxygen atoms in total. The lowest BCUT2D eigenvalue weighted by atomic mass is 10.1. The van der Waals surface area contributed by atoms with Crippen molar-refractivity contribution in [2.75, 3.05) is 0 Å². The van der Waals surface area contributed by atoms with E-state index < -0.39 is 0 Å². The van der Waals surface area contributed by atoms with Crippen molar-refractivity contribution >= 4 is 0 Å². The van der Waals surface area contributed by atoms with Crippen molar-refractivity contribution in [1.29, 1.82) is 0 Å². The Morgan fingerprint density at radius 1 is 1.11 bits per heavy atom. The number of nitrogens with zero attached hydrogens (tertiary/aromatic N) is 2. The largest absolute Gasteiger partial charge is 0.307 e. The number of aromatic nitrogens is 2. The van der Waals surface area contributed by atoms with E-state index in [0.29, 0.717) is 0 Å². The first kappa shape index (κ1) is 12.3. The molecule has 0 radical (unpaired) electrons. The standard InChI is InChI=1S/C16H19N3/c1-3-14-13-9-17-10-15(13)19-16(18-14)8-12-6-4-11(2)5-7-12/h4-7,17H,3,8-10H2,1-2H3. The van der Waals surface area contributed by atoms with Gasteiger partial charge >= 0.3 is 0 Å². The molecule has 1 aliphatic heterocycles. The second-order valence-electron chi connectivity index (χ2n) is 5.13. The van der Waals surface area contributed by atoms with E-state index in [1.165, 1.54) is 28.1 Å². The van der Waals surface area contributed by atoms with Crippen LogP contribution in [0.2, 0.25) is 0 Å². The summed E-state index contributed by atoms with van der Waals surface area (Å²) in [5.41, 5.74) is 6.27. The van der Waals surface area contributed by atoms with Crippen molar-refractivity contribution in [3.63, 3.8) is 0 Å². The molecule has 1 N–H and O–H groups in total. The first-order valence-corrected chi connectivity index (χ1v) is 6.90. The van der Waals surface area contributed by atoms with Crippen LogP contribution in [0.3, 0.4) is 0 Å². The molecule has 0 spiro atoms. The summed E-state index contributed by atoms with van der Waals surface area (Å²) in [6.07, 6.45) is 1.80. The molecular weight excluding hydrogens is 234 g/mol. The van der Waals surface area contributed by atoms with E-state index in [4.69, 9.17) is 9.97 Å². The summed E-state index contributed by atoms with van der Waals surface area (Å²) in [6.45, 7) is 6.07. The number of nitrogens with one attached hydrogen (secondary N) is 1. The van der Waals surface area contributed by atoms with Crippen molar-refractivity contribution in [2.24, 2.45) is 0 Å². The first-order chi connectivity index (χ1) is 9.26. The van der Waals surface area contributed by atoms with E-state index in [9.17, 15) is 0 Å². The van der Waals surface area contributed by atoms with E-state index >= 15 is 0 Å². The Balaban J connectivity index is 1.91. The molecule has 0 amide bonds. The van der Waals surface area contributed by atoms with Gasteiger partial charge in [-0.3, -0.25) is 0 Å². The fraction of sp³-hybridized carbons (Fsp3) is 0.375. The first-order valence-electron chi connectivity index (χ1n) is 6.90. The van der Waals surface area contributed by atoms with Gasteiger partial charge in [0.05, 0.1) is 5.69 Å². The molecule has 3 heteroatoms. The zero-order chi connectivity index (χ0) is 13.2. The Morgan fingerprint density at radius 2 is 1.89 bits per heavy atom. The van der Waals surface area contributed by atoms with Crippen molar-refractivity contribution < 1.29 is 0 Å². The van der Waals surface area contributed by atoms with Gasteiger partial charge in [0.2, 0.25) is 0 Å². The number of rotatable bonds is 3. The molecule has 0 saturated carbocycles. The quantitative estimate of drug-likeness (QED) is 0.913. The molecular formula is C16H19N3.